The maximum Gasteiger partial charge on any atom is 0.410 e. The minimum Gasteiger partial charge on any atom is -0.482 e. The van der Waals surface area contributed by atoms with Crippen molar-refractivity contribution in [2.24, 2.45) is 0 Å². The number of rotatable bonds is 9. The molecule has 0 spiro atoms. The van der Waals surface area contributed by atoms with Gasteiger partial charge in [0.15, 0.2) is 11.4 Å². The molecule has 0 bridgehead atoms. The maximum absolute atomic E-state index is 14.2. The maximum atomic E-state index is 14.2. The van der Waals surface area contributed by atoms with E-state index < -0.39 is 11.7 Å². The summed E-state index contributed by atoms with van der Waals surface area (Å²) in [5.41, 5.74) is 2.00. The van der Waals surface area contributed by atoms with Crippen molar-refractivity contribution in [3.05, 3.63) is 136 Å². The Morgan fingerprint density at radius 2 is 1.43 bits per heavy atom. The number of benzene rings is 3. The van der Waals surface area contributed by atoms with Gasteiger partial charge in [-0.15, -0.1) is 0 Å². The summed E-state index contributed by atoms with van der Waals surface area (Å²) in [4.78, 5) is 43.2. The Labute approximate surface area is 257 Å². The van der Waals surface area contributed by atoms with E-state index in [-0.39, 0.29) is 55.2 Å². The highest BCUT2D eigenvalue weighted by Crippen LogP contribution is 2.32. The van der Waals surface area contributed by atoms with Crippen molar-refractivity contribution < 1.29 is 19.1 Å². The van der Waals surface area contributed by atoms with Gasteiger partial charge < -0.3 is 19.3 Å². The Morgan fingerprint density at radius 1 is 0.864 bits per heavy atom. The van der Waals surface area contributed by atoms with Crippen LogP contribution in [0.2, 0.25) is 0 Å². The van der Waals surface area contributed by atoms with E-state index in [0.29, 0.717) is 0 Å². The average Bonchev–Trinajstić information content (AvgIpc) is 3.01. The third-order valence-corrected chi connectivity index (χ3v) is 7.28. The zero-order chi connectivity index (χ0) is 31.3. The number of amides is 2. The predicted molar refractivity (Wildman–Crippen MR) is 169 cm³/mol. The van der Waals surface area contributed by atoms with Gasteiger partial charge in [0, 0.05) is 32.4 Å². The molecule has 0 radical (unpaired) electrons. The van der Waals surface area contributed by atoms with Crippen molar-refractivity contribution in [2.75, 3.05) is 31.8 Å². The number of fused-ring (bicyclic) bond motifs is 1. The Bertz CT molecular complexity index is 1600. The van der Waals surface area contributed by atoms with Gasteiger partial charge in [-0.2, -0.15) is 0 Å². The summed E-state index contributed by atoms with van der Waals surface area (Å²) in [5, 5.41) is 2.05. The van der Waals surface area contributed by atoms with E-state index >= 15 is 0 Å². The van der Waals surface area contributed by atoms with Gasteiger partial charge in [0.1, 0.15) is 18.9 Å². The summed E-state index contributed by atoms with van der Waals surface area (Å²) in [6.45, 7) is 6.19. The SMILES string of the molecule is CN(CCN1CN(C(c2ccccc2)c2ccccc2)n2ccc(=O)c(OCc3ccccc3)c2C1=O)C(=O)OC(C)(C)C. The van der Waals surface area contributed by atoms with Crippen LogP contribution in [-0.4, -0.2) is 58.9 Å². The minimum atomic E-state index is -0.646. The molecule has 0 N–H and O–H groups in total. The van der Waals surface area contributed by atoms with E-state index in [1.54, 1.807) is 22.8 Å². The Balaban J connectivity index is 1.56. The molecule has 4 aromatic rings. The highest BCUT2D eigenvalue weighted by atomic mass is 16.6. The number of carbonyl (C=O) groups excluding carboxylic acids is 2. The average molecular weight is 595 g/mol. The number of nitrogens with zero attached hydrogens (tertiary/aromatic N) is 4. The van der Waals surface area contributed by atoms with E-state index in [0.717, 1.165) is 16.7 Å². The Kier molecular flexibility index (Phi) is 9.04. The first kappa shape index (κ1) is 30.4. The summed E-state index contributed by atoms with van der Waals surface area (Å²) >= 11 is 0. The smallest absolute Gasteiger partial charge is 0.410 e. The molecule has 0 fully saturated rings. The van der Waals surface area contributed by atoms with Gasteiger partial charge in [-0.05, 0) is 37.5 Å². The van der Waals surface area contributed by atoms with Crippen LogP contribution in [0.4, 0.5) is 4.79 Å². The molecule has 1 aliphatic rings. The Morgan fingerprint density at radius 3 is 2.00 bits per heavy atom. The van der Waals surface area contributed by atoms with Crippen LogP contribution < -0.4 is 15.2 Å². The molecule has 2 amide bonds. The molecule has 9 nitrogen and oxygen atoms in total. The van der Waals surface area contributed by atoms with Gasteiger partial charge in [-0.25, -0.2) is 4.79 Å². The summed E-state index contributed by atoms with van der Waals surface area (Å²) in [6, 6.07) is 30.7. The minimum absolute atomic E-state index is 0.0172. The van der Waals surface area contributed by atoms with E-state index in [2.05, 4.69) is 0 Å². The molecule has 44 heavy (non-hydrogen) atoms. The molecule has 0 saturated carbocycles. The molecule has 2 heterocycles. The zero-order valence-electron chi connectivity index (χ0n) is 25.6. The molecule has 0 atom stereocenters. The molecule has 0 saturated heterocycles. The zero-order valence-corrected chi connectivity index (χ0v) is 25.6. The van der Waals surface area contributed by atoms with Crippen molar-refractivity contribution in [2.45, 2.75) is 39.0 Å². The molecule has 228 valence electrons. The molecular formula is C35H38N4O5. The largest absolute Gasteiger partial charge is 0.482 e. The van der Waals surface area contributed by atoms with Gasteiger partial charge >= 0.3 is 6.09 Å². The number of hydrogen-bond acceptors (Lipinski definition) is 6. The Hall–Kier alpha value is -5.05. The third kappa shape index (κ3) is 6.94. The van der Waals surface area contributed by atoms with Crippen molar-refractivity contribution in [1.82, 2.24) is 14.5 Å². The molecule has 3 aromatic carbocycles. The van der Waals surface area contributed by atoms with E-state index in [9.17, 15) is 14.4 Å². The summed E-state index contributed by atoms with van der Waals surface area (Å²) in [5.74, 6) is -0.379. The number of hydrogen-bond donors (Lipinski definition) is 0. The van der Waals surface area contributed by atoms with Crippen LogP contribution >= 0.6 is 0 Å². The molecule has 0 unspecified atom stereocenters. The lowest BCUT2D eigenvalue weighted by Crippen LogP contribution is -2.57. The standard InChI is InChI=1S/C35H38N4O5/c1-35(2,3)44-34(42)36(4)22-23-37-25-39(30(27-16-10-6-11-17-27)28-18-12-7-13-19-28)38-21-20-29(40)32(31(38)33(37)41)43-24-26-14-8-5-9-15-26/h5-21,30H,22-25H2,1-4H3. The van der Waals surface area contributed by atoms with Gasteiger partial charge in [-0.1, -0.05) is 91.0 Å². The van der Waals surface area contributed by atoms with Crippen LogP contribution in [0.25, 0.3) is 0 Å². The van der Waals surface area contributed by atoms with Crippen LogP contribution in [0.1, 0.15) is 54.0 Å². The molecule has 9 heteroatoms. The number of aromatic nitrogens is 1. The predicted octanol–water partition coefficient (Wildman–Crippen LogP) is 5.44. The molecule has 5 rings (SSSR count). The van der Waals surface area contributed by atoms with Gasteiger partial charge in [0.05, 0.1) is 6.04 Å². The van der Waals surface area contributed by atoms with Crippen molar-refractivity contribution in [3.63, 3.8) is 0 Å². The molecule has 1 aliphatic heterocycles. The van der Waals surface area contributed by atoms with Crippen LogP contribution in [-0.2, 0) is 11.3 Å². The number of carbonyl (C=O) groups is 2. The normalized spacial score (nSPS) is 13.1. The molecule has 1 aromatic heterocycles. The topological polar surface area (TPSA) is 84.3 Å². The van der Waals surface area contributed by atoms with Crippen LogP contribution in [0.15, 0.2) is 108 Å². The first-order chi connectivity index (χ1) is 21.1. The van der Waals surface area contributed by atoms with Gasteiger partial charge in [-0.3, -0.25) is 19.3 Å². The highest BCUT2D eigenvalue weighted by molar-refractivity contribution is 5.96. The van der Waals surface area contributed by atoms with Crippen molar-refractivity contribution in [1.29, 1.82) is 0 Å². The summed E-state index contributed by atoms with van der Waals surface area (Å²) < 4.78 is 13.4. The monoisotopic (exact) mass is 594 g/mol. The lowest BCUT2D eigenvalue weighted by Gasteiger charge is -2.44. The fourth-order valence-corrected chi connectivity index (χ4v) is 5.13. The lowest BCUT2D eigenvalue weighted by molar-refractivity contribution is 0.0271. The van der Waals surface area contributed by atoms with Crippen molar-refractivity contribution >= 4 is 12.0 Å². The number of pyridine rings is 1. The second-order valence-corrected chi connectivity index (χ2v) is 11.8. The van der Waals surface area contributed by atoms with Crippen LogP contribution in [0.3, 0.4) is 0 Å². The van der Waals surface area contributed by atoms with Crippen molar-refractivity contribution in [3.8, 4) is 5.75 Å². The number of ether oxygens (including phenoxy) is 2. The van der Waals surface area contributed by atoms with Gasteiger partial charge in [0.25, 0.3) is 5.91 Å². The van der Waals surface area contributed by atoms with Crippen LogP contribution in [0, 0.1) is 0 Å². The lowest BCUT2D eigenvalue weighted by atomic mass is 9.98. The van der Waals surface area contributed by atoms with E-state index in [1.807, 2.05) is 117 Å². The highest BCUT2D eigenvalue weighted by Gasteiger charge is 2.37. The second-order valence-electron chi connectivity index (χ2n) is 11.8. The summed E-state index contributed by atoms with van der Waals surface area (Å²) in [6.07, 6.45) is 1.15. The first-order valence-corrected chi connectivity index (χ1v) is 14.6. The quantitative estimate of drug-likeness (QED) is 0.257. The number of likely N-dealkylation sites (N-methyl/N-ethyl adjacent to an activating group) is 1. The summed E-state index contributed by atoms with van der Waals surface area (Å²) in [7, 11) is 1.64. The fourth-order valence-electron chi connectivity index (χ4n) is 5.13. The van der Waals surface area contributed by atoms with E-state index in [1.165, 1.54) is 11.0 Å². The van der Waals surface area contributed by atoms with E-state index in [4.69, 9.17) is 9.47 Å². The third-order valence-electron chi connectivity index (χ3n) is 7.28. The van der Waals surface area contributed by atoms with Gasteiger partial charge in [0.2, 0.25) is 5.43 Å². The molecule has 0 aliphatic carbocycles. The first-order valence-electron chi connectivity index (χ1n) is 14.6. The fraction of sp³-hybridized carbons (Fsp3) is 0.286. The molecular weight excluding hydrogens is 556 g/mol. The van der Waals surface area contributed by atoms with Crippen LogP contribution in [0.5, 0.6) is 5.75 Å². The second kappa shape index (κ2) is 13.1.